The van der Waals surface area contributed by atoms with Gasteiger partial charge in [-0.1, -0.05) is 66.3 Å². The van der Waals surface area contributed by atoms with Crippen LogP contribution in [0.5, 0.6) is 0 Å². The molecule has 2 aliphatic rings. The lowest BCUT2D eigenvalue weighted by Crippen LogP contribution is -2.40. The molecule has 0 unspecified atom stereocenters. The number of nitro benzene ring substituents is 1. The Balaban J connectivity index is 1.54. The number of nitro groups is 1. The number of carbonyl (C=O) groups is 1. The number of aryl methyl sites for hydroxylation is 1. The molecular weight excluding hydrogens is 416 g/mol. The number of allylic oxidation sites excluding steroid dienone is 1. The van der Waals surface area contributed by atoms with E-state index in [-0.39, 0.29) is 23.5 Å². The topological polar surface area (TPSA) is 72.7 Å². The van der Waals surface area contributed by atoms with Gasteiger partial charge in [-0.05, 0) is 42.3 Å². The third-order valence-electron chi connectivity index (χ3n) is 6.10. The van der Waals surface area contributed by atoms with Crippen LogP contribution < -0.4 is 5.06 Å². The molecule has 1 aliphatic carbocycles. The number of anilines is 1. The molecule has 0 bridgehead atoms. The van der Waals surface area contributed by atoms with Crippen LogP contribution in [0.3, 0.4) is 0 Å². The molecule has 0 saturated carbocycles. The van der Waals surface area contributed by atoms with Crippen molar-refractivity contribution < 1.29 is 14.6 Å². The molecule has 1 saturated heterocycles. The zero-order chi connectivity index (χ0) is 22.9. The Hall–Kier alpha value is -4.03. The van der Waals surface area contributed by atoms with Gasteiger partial charge in [-0.2, -0.15) is 0 Å². The highest BCUT2D eigenvalue weighted by Crippen LogP contribution is 2.43. The van der Waals surface area contributed by atoms with E-state index in [1.807, 2.05) is 49.4 Å². The molecule has 0 spiro atoms. The van der Waals surface area contributed by atoms with Gasteiger partial charge in [0.15, 0.2) is 5.78 Å². The van der Waals surface area contributed by atoms with Gasteiger partial charge >= 0.3 is 0 Å². The maximum absolute atomic E-state index is 13.8. The fourth-order valence-electron chi connectivity index (χ4n) is 4.42. The molecule has 164 valence electrons. The smallest absolute Gasteiger partial charge is 0.269 e. The molecule has 0 aromatic heterocycles. The van der Waals surface area contributed by atoms with E-state index in [1.54, 1.807) is 5.06 Å². The zero-order valence-corrected chi connectivity index (χ0v) is 18.0. The summed E-state index contributed by atoms with van der Waals surface area (Å²) in [7, 11) is 0. The van der Waals surface area contributed by atoms with Crippen molar-refractivity contribution in [2.24, 2.45) is 5.92 Å². The summed E-state index contributed by atoms with van der Waals surface area (Å²) in [5, 5.41) is 12.7. The van der Waals surface area contributed by atoms with Gasteiger partial charge in [0.05, 0.1) is 10.6 Å². The van der Waals surface area contributed by atoms with Gasteiger partial charge in [-0.25, -0.2) is 5.06 Å². The summed E-state index contributed by atoms with van der Waals surface area (Å²) in [6, 6.07) is 22.9. The summed E-state index contributed by atoms with van der Waals surface area (Å²) in [6.45, 7) is 2.05. The Morgan fingerprint density at radius 2 is 1.70 bits per heavy atom. The van der Waals surface area contributed by atoms with Crippen molar-refractivity contribution in [3.63, 3.8) is 0 Å². The van der Waals surface area contributed by atoms with E-state index in [9.17, 15) is 14.9 Å². The molecule has 5 rings (SSSR count). The maximum atomic E-state index is 13.8. The number of rotatable bonds is 5. The SMILES string of the molecule is Cc1ccc(/C=C2/C=C[C@H]3ON(c4ccccc4)[C@H](C(=O)c4ccc([N+](=O)[O-])cc4)[C@@H]23)cc1. The van der Waals surface area contributed by atoms with Gasteiger partial charge < -0.3 is 0 Å². The average molecular weight is 438 g/mol. The van der Waals surface area contributed by atoms with Crippen molar-refractivity contribution in [3.8, 4) is 0 Å². The fraction of sp³-hybridized carbons (Fsp3) is 0.148. The Bertz CT molecular complexity index is 1250. The number of Topliss-reactive ketones (excluding diaryl/α,β-unsaturated/α-hetero) is 1. The van der Waals surface area contributed by atoms with Gasteiger partial charge in [0, 0.05) is 23.6 Å². The number of fused-ring (bicyclic) bond motifs is 1. The molecule has 1 fully saturated rings. The number of benzene rings is 3. The van der Waals surface area contributed by atoms with Crippen LogP contribution in [-0.2, 0) is 4.84 Å². The van der Waals surface area contributed by atoms with Crippen molar-refractivity contribution >= 4 is 23.2 Å². The first-order valence-electron chi connectivity index (χ1n) is 10.8. The Labute approximate surface area is 191 Å². The summed E-state index contributed by atoms with van der Waals surface area (Å²) in [5.74, 6) is -0.339. The summed E-state index contributed by atoms with van der Waals surface area (Å²) < 4.78 is 0. The Morgan fingerprint density at radius 3 is 2.36 bits per heavy atom. The van der Waals surface area contributed by atoms with Crippen LogP contribution in [0.1, 0.15) is 21.5 Å². The number of hydrogen-bond acceptors (Lipinski definition) is 5. The highest BCUT2D eigenvalue weighted by Gasteiger charge is 2.50. The molecule has 0 N–H and O–H groups in total. The number of hydrogen-bond donors (Lipinski definition) is 0. The van der Waals surface area contributed by atoms with Crippen molar-refractivity contribution in [2.75, 3.05) is 5.06 Å². The van der Waals surface area contributed by atoms with Crippen molar-refractivity contribution in [3.05, 3.63) is 123 Å². The van der Waals surface area contributed by atoms with Crippen LogP contribution in [0.4, 0.5) is 11.4 Å². The van der Waals surface area contributed by atoms with Crippen LogP contribution in [-0.4, -0.2) is 22.9 Å². The minimum Gasteiger partial charge on any atom is -0.292 e. The lowest BCUT2D eigenvalue weighted by atomic mass is 9.86. The second kappa shape index (κ2) is 8.48. The Morgan fingerprint density at radius 1 is 1.00 bits per heavy atom. The van der Waals surface area contributed by atoms with E-state index < -0.39 is 11.0 Å². The van der Waals surface area contributed by atoms with Crippen molar-refractivity contribution in [2.45, 2.75) is 19.1 Å². The summed E-state index contributed by atoms with van der Waals surface area (Å²) in [5.41, 5.74) is 4.41. The highest BCUT2D eigenvalue weighted by atomic mass is 16.7. The van der Waals surface area contributed by atoms with Crippen LogP contribution in [0, 0.1) is 23.0 Å². The third kappa shape index (κ3) is 3.97. The van der Waals surface area contributed by atoms with Gasteiger partial charge in [-0.15, -0.1) is 0 Å². The maximum Gasteiger partial charge on any atom is 0.269 e. The predicted octanol–water partition coefficient (Wildman–Crippen LogP) is 5.54. The lowest BCUT2D eigenvalue weighted by molar-refractivity contribution is -0.384. The second-order valence-electron chi connectivity index (χ2n) is 8.28. The minimum absolute atomic E-state index is 0.0468. The van der Waals surface area contributed by atoms with Gasteiger partial charge in [0.1, 0.15) is 12.1 Å². The molecular formula is C27H22N2O4. The molecule has 1 aliphatic heterocycles. The number of ketones is 1. The van der Waals surface area contributed by atoms with Crippen LogP contribution in [0.25, 0.3) is 6.08 Å². The first-order valence-corrected chi connectivity index (χ1v) is 10.8. The van der Waals surface area contributed by atoms with Crippen LogP contribution in [0.15, 0.2) is 96.6 Å². The van der Waals surface area contributed by atoms with Gasteiger partial charge in [0.25, 0.3) is 5.69 Å². The monoisotopic (exact) mass is 438 g/mol. The second-order valence-corrected chi connectivity index (χ2v) is 8.28. The first kappa shape index (κ1) is 20.8. The molecule has 6 heteroatoms. The summed E-state index contributed by atoms with van der Waals surface area (Å²) in [6.07, 6.45) is 5.83. The number of para-hydroxylation sites is 1. The zero-order valence-electron chi connectivity index (χ0n) is 18.0. The van der Waals surface area contributed by atoms with E-state index in [0.717, 1.165) is 16.8 Å². The Kier molecular flexibility index (Phi) is 5.36. The van der Waals surface area contributed by atoms with Crippen molar-refractivity contribution in [1.29, 1.82) is 0 Å². The van der Waals surface area contributed by atoms with E-state index in [0.29, 0.717) is 5.56 Å². The first-order chi connectivity index (χ1) is 16.0. The lowest BCUT2D eigenvalue weighted by Gasteiger charge is -2.26. The van der Waals surface area contributed by atoms with Crippen molar-refractivity contribution in [1.82, 2.24) is 0 Å². The van der Waals surface area contributed by atoms with Crippen LogP contribution in [0.2, 0.25) is 0 Å². The van der Waals surface area contributed by atoms with E-state index in [1.165, 1.54) is 29.8 Å². The molecule has 33 heavy (non-hydrogen) atoms. The number of carbonyl (C=O) groups excluding carboxylic acids is 1. The average Bonchev–Trinajstić information content (AvgIpc) is 3.40. The molecule has 3 aromatic rings. The van der Waals surface area contributed by atoms with Gasteiger partial charge in [0.2, 0.25) is 0 Å². The van der Waals surface area contributed by atoms with Gasteiger partial charge in [-0.3, -0.25) is 19.7 Å². The number of hydroxylamine groups is 1. The van der Waals surface area contributed by atoms with E-state index in [4.69, 9.17) is 4.84 Å². The van der Waals surface area contributed by atoms with E-state index in [2.05, 4.69) is 30.3 Å². The normalized spacial score (nSPS) is 22.5. The minimum atomic E-state index is -0.606. The molecule has 1 heterocycles. The van der Waals surface area contributed by atoms with Crippen LogP contribution >= 0.6 is 0 Å². The molecule has 0 amide bonds. The molecule has 3 atom stereocenters. The number of non-ortho nitro benzene ring substituents is 1. The standard InChI is InChI=1S/C27H22N2O4/c1-18-7-9-19(10-8-18)17-21-13-16-24-25(21)26(28(33-24)22-5-3-2-4-6-22)27(30)20-11-14-23(15-12-20)29(31)32/h2-17,24-26H,1H3/b21-17-/t24-,25+,26+/m1/s1. The third-order valence-corrected chi connectivity index (χ3v) is 6.10. The summed E-state index contributed by atoms with van der Waals surface area (Å²) >= 11 is 0. The molecule has 0 radical (unpaired) electrons. The molecule has 6 nitrogen and oxygen atoms in total. The quantitative estimate of drug-likeness (QED) is 0.297. The fourth-order valence-corrected chi connectivity index (χ4v) is 4.42. The summed E-state index contributed by atoms with van der Waals surface area (Å²) in [4.78, 5) is 30.6. The molecule has 3 aromatic carbocycles. The highest BCUT2D eigenvalue weighted by molar-refractivity contribution is 6.03. The predicted molar refractivity (Wildman–Crippen MR) is 127 cm³/mol. The largest absolute Gasteiger partial charge is 0.292 e. The van der Waals surface area contributed by atoms with E-state index >= 15 is 0 Å². The number of nitrogens with zero attached hydrogens (tertiary/aromatic N) is 2.